The molecule has 0 atom stereocenters. The van der Waals surface area contributed by atoms with Crippen LogP contribution in [0.3, 0.4) is 0 Å². The molecule has 1 saturated carbocycles. The predicted octanol–water partition coefficient (Wildman–Crippen LogP) is 5.47. The number of nitrogens with zero attached hydrogens (tertiary/aromatic N) is 6. The molecule has 0 spiro atoms. The maximum atomic E-state index is 13.2. The van der Waals surface area contributed by atoms with Gasteiger partial charge in [0.05, 0.1) is 51.2 Å². The summed E-state index contributed by atoms with van der Waals surface area (Å²) in [6, 6.07) is 8.17. The zero-order valence-corrected chi connectivity index (χ0v) is 30.7. The molecule has 0 bridgehead atoms. The zero-order valence-electron chi connectivity index (χ0n) is 27.5. The lowest BCUT2D eigenvalue weighted by atomic mass is 10.0. The number of methoxy groups -OCH3 is 1. The van der Waals surface area contributed by atoms with Crippen LogP contribution in [0.25, 0.3) is 0 Å². The van der Waals surface area contributed by atoms with Gasteiger partial charge in [-0.1, -0.05) is 11.6 Å². The van der Waals surface area contributed by atoms with Crippen LogP contribution in [0.4, 0.5) is 34.5 Å². The number of likely N-dealkylation sites (N-methyl/N-ethyl adjacent to an activating group) is 1. The van der Waals surface area contributed by atoms with E-state index in [2.05, 4.69) is 53.3 Å². The molecule has 1 aliphatic carbocycles. The average molecular weight is 762 g/mol. The van der Waals surface area contributed by atoms with Gasteiger partial charge in [0.25, 0.3) is 0 Å². The molecular formula is C33H42BrClN8O4S. The summed E-state index contributed by atoms with van der Waals surface area (Å²) in [4.78, 5) is 16.6. The van der Waals surface area contributed by atoms with Crippen LogP contribution in [0.5, 0.6) is 11.5 Å². The Kier molecular flexibility index (Phi) is 9.55. The number of fused-ring (bicyclic) bond motifs is 1. The van der Waals surface area contributed by atoms with E-state index >= 15 is 0 Å². The quantitative estimate of drug-likeness (QED) is 0.274. The highest BCUT2D eigenvalue weighted by molar-refractivity contribution is 9.10. The van der Waals surface area contributed by atoms with E-state index in [-0.39, 0.29) is 5.25 Å². The van der Waals surface area contributed by atoms with E-state index in [1.165, 1.54) is 4.31 Å². The Morgan fingerprint density at radius 1 is 1.02 bits per heavy atom. The van der Waals surface area contributed by atoms with Gasteiger partial charge >= 0.3 is 0 Å². The topological polar surface area (TPSA) is 115 Å². The van der Waals surface area contributed by atoms with Crippen molar-refractivity contribution in [2.45, 2.75) is 43.4 Å². The Bertz CT molecular complexity index is 1780. The van der Waals surface area contributed by atoms with Crippen molar-refractivity contribution in [3.63, 3.8) is 0 Å². The Labute approximate surface area is 295 Å². The van der Waals surface area contributed by atoms with E-state index in [0.717, 1.165) is 75.5 Å². The third kappa shape index (κ3) is 6.87. The van der Waals surface area contributed by atoms with Gasteiger partial charge in [-0.25, -0.2) is 13.4 Å². The van der Waals surface area contributed by atoms with Crippen molar-refractivity contribution in [2.75, 3.05) is 86.9 Å². The van der Waals surface area contributed by atoms with Crippen molar-refractivity contribution in [1.29, 1.82) is 0 Å². The van der Waals surface area contributed by atoms with Gasteiger partial charge in [0.2, 0.25) is 16.0 Å². The predicted molar refractivity (Wildman–Crippen MR) is 195 cm³/mol. The molecule has 1 aromatic heterocycles. The molecule has 15 heteroatoms. The molecule has 4 aliphatic rings. The van der Waals surface area contributed by atoms with Crippen molar-refractivity contribution in [1.82, 2.24) is 19.8 Å². The van der Waals surface area contributed by atoms with Gasteiger partial charge in [0, 0.05) is 77.1 Å². The summed E-state index contributed by atoms with van der Waals surface area (Å²) >= 11 is 10.5. The molecule has 4 heterocycles. The lowest BCUT2D eigenvalue weighted by Gasteiger charge is -2.42. The minimum Gasteiger partial charge on any atom is -0.494 e. The van der Waals surface area contributed by atoms with Crippen LogP contribution >= 0.6 is 27.5 Å². The van der Waals surface area contributed by atoms with E-state index in [9.17, 15) is 8.42 Å². The Morgan fingerprint density at radius 2 is 1.77 bits per heavy atom. The molecule has 258 valence electrons. The highest BCUT2D eigenvalue weighted by Gasteiger charge is 2.40. The normalized spacial score (nSPS) is 19.1. The molecule has 2 aromatic carbocycles. The van der Waals surface area contributed by atoms with Crippen molar-refractivity contribution in [3.05, 3.63) is 45.5 Å². The van der Waals surface area contributed by atoms with E-state index in [4.69, 9.17) is 26.1 Å². The first-order valence-electron chi connectivity index (χ1n) is 16.5. The molecule has 48 heavy (non-hydrogen) atoms. The van der Waals surface area contributed by atoms with Crippen LogP contribution in [-0.4, -0.2) is 107 Å². The van der Waals surface area contributed by atoms with Gasteiger partial charge in [-0.3, -0.25) is 9.21 Å². The molecule has 3 aliphatic heterocycles. The van der Waals surface area contributed by atoms with Crippen LogP contribution in [0.2, 0.25) is 5.02 Å². The minimum absolute atomic E-state index is 0.314. The summed E-state index contributed by atoms with van der Waals surface area (Å²) in [6.45, 7) is 6.95. The molecule has 12 nitrogen and oxygen atoms in total. The van der Waals surface area contributed by atoms with E-state index < -0.39 is 10.0 Å². The summed E-state index contributed by atoms with van der Waals surface area (Å²) in [5.41, 5.74) is 3.67. The van der Waals surface area contributed by atoms with Crippen LogP contribution in [-0.2, 0) is 16.4 Å². The molecule has 0 radical (unpaired) electrons. The molecular weight excluding hydrogens is 720 g/mol. The first kappa shape index (κ1) is 33.5. The standard InChI is InChI=1S/C33H42BrClN8O4S/c1-40-11-13-42(14-12-40)22-6-9-43(10-7-22)28-19-31(46-3)27(17-25(28)35)38-33-36-20-24(34)32(39-33)37-26-18-30-21(8-15-47-30)16-29(26)41(2)48(44,45)23-4-5-23/h16-20,22-23H,4-15H2,1-3H3,(H2,36,37,38,39). The summed E-state index contributed by atoms with van der Waals surface area (Å²) in [7, 11) is 1.95. The van der Waals surface area contributed by atoms with Gasteiger partial charge in [0.1, 0.15) is 17.3 Å². The summed E-state index contributed by atoms with van der Waals surface area (Å²) in [6.07, 6.45) is 5.93. The fourth-order valence-corrected chi connectivity index (χ4v) is 8.95. The number of piperidine rings is 1. The third-order valence-electron chi connectivity index (χ3n) is 9.85. The SMILES string of the molecule is COc1cc(N2CCC(N3CCN(C)CC3)CC2)c(Cl)cc1Nc1ncc(Br)c(Nc2cc3c(cc2N(C)S(=O)(=O)C2CC2)CCO3)n1. The lowest BCUT2D eigenvalue weighted by Crippen LogP contribution is -2.52. The number of sulfonamides is 1. The molecule has 2 saturated heterocycles. The number of halogens is 2. The molecule has 0 amide bonds. The number of aromatic nitrogens is 2. The highest BCUT2D eigenvalue weighted by Crippen LogP contribution is 2.43. The molecule has 7 rings (SSSR count). The molecule has 3 aromatic rings. The Balaban J connectivity index is 1.09. The molecule has 2 N–H and O–H groups in total. The number of hydrogen-bond donors (Lipinski definition) is 2. The number of rotatable bonds is 10. The number of piperazine rings is 1. The fraction of sp³-hybridized carbons (Fsp3) is 0.515. The van der Waals surface area contributed by atoms with Crippen molar-refractivity contribution >= 4 is 72.1 Å². The largest absolute Gasteiger partial charge is 0.494 e. The van der Waals surface area contributed by atoms with Gasteiger partial charge in [0.15, 0.2) is 0 Å². The monoisotopic (exact) mass is 760 g/mol. The maximum Gasteiger partial charge on any atom is 0.237 e. The highest BCUT2D eigenvalue weighted by atomic mass is 79.9. The zero-order chi connectivity index (χ0) is 33.6. The Hall–Kier alpha value is -3.04. The van der Waals surface area contributed by atoms with Crippen molar-refractivity contribution in [2.24, 2.45) is 0 Å². The maximum absolute atomic E-state index is 13.2. The Morgan fingerprint density at radius 3 is 2.48 bits per heavy atom. The van der Waals surface area contributed by atoms with Gasteiger partial charge in [-0.2, -0.15) is 4.98 Å². The summed E-state index contributed by atoms with van der Waals surface area (Å²) in [5.74, 6) is 2.12. The van der Waals surface area contributed by atoms with E-state index in [1.807, 2.05) is 24.3 Å². The third-order valence-corrected chi connectivity index (χ3v) is 13.0. The number of ether oxygens (including phenoxy) is 2. The number of hydrogen-bond acceptors (Lipinski definition) is 11. The van der Waals surface area contributed by atoms with E-state index in [1.54, 1.807) is 20.4 Å². The smallest absolute Gasteiger partial charge is 0.237 e. The second-order valence-corrected chi connectivity index (χ2v) is 16.5. The molecule has 0 unspecified atom stereocenters. The van der Waals surface area contributed by atoms with Crippen molar-refractivity contribution in [3.8, 4) is 11.5 Å². The number of nitrogens with one attached hydrogen (secondary N) is 2. The first-order valence-corrected chi connectivity index (χ1v) is 19.2. The number of benzene rings is 2. The second-order valence-electron chi connectivity index (χ2n) is 13.0. The number of anilines is 6. The van der Waals surface area contributed by atoms with Crippen LogP contribution in [0, 0.1) is 0 Å². The van der Waals surface area contributed by atoms with Gasteiger partial charge in [-0.05, 0) is 66.4 Å². The fourth-order valence-electron chi connectivity index (χ4n) is 6.77. The van der Waals surface area contributed by atoms with Crippen molar-refractivity contribution < 1.29 is 17.9 Å². The van der Waals surface area contributed by atoms with E-state index in [0.29, 0.717) is 69.6 Å². The molecule has 3 fully saturated rings. The van der Waals surface area contributed by atoms with Crippen LogP contribution in [0.15, 0.2) is 34.9 Å². The second kappa shape index (κ2) is 13.7. The first-order chi connectivity index (χ1) is 23.1. The van der Waals surface area contributed by atoms with Crippen LogP contribution in [0.1, 0.15) is 31.2 Å². The van der Waals surface area contributed by atoms with Gasteiger partial charge in [-0.15, -0.1) is 0 Å². The minimum atomic E-state index is -3.48. The summed E-state index contributed by atoms with van der Waals surface area (Å²) in [5, 5.41) is 6.89. The summed E-state index contributed by atoms with van der Waals surface area (Å²) < 4.78 is 40.0. The van der Waals surface area contributed by atoms with Gasteiger partial charge < -0.3 is 29.9 Å². The van der Waals surface area contributed by atoms with Crippen LogP contribution < -0.4 is 29.3 Å². The average Bonchev–Trinajstić information content (AvgIpc) is 3.85. The lowest BCUT2D eigenvalue weighted by molar-refractivity contribution is 0.0982.